The number of carbonyl (C=O) groups excluding carboxylic acids is 3. The molecule has 376 valence electrons. The molecule has 0 heterocycles. The fraction of sp³-hybridized carbons (Fsp3) is 0.683. The van der Waals surface area contributed by atoms with Crippen molar-refractivity contribution in [1.82, 2.24) is 0 Å². The first kappa shape index (κ1) is 62.3. The molecule has 0 radical (unpaired) electrons. The molecule has 0 bridgehead atoms. The lowest BCUT2D eigenvalue weighted by Crippen LogP contribution is -2.30. The molecule has 0 saturated carbocycles. The van der Waals surface area contributed by atoms with Crippen molar-refractivity contribution in [3.05, 3.63) is 97.2 Å². The fourth-order valence-corrected chi connectivity index (χ4v) is 7.20. The van der Waals surface area contributed by atoms with Crippen LogP contribution in [0, 0.1) is 0 Å². The van der Waals surface area contributed by atoms with Gasteiger partial charge < -0.3 is 14.2 Å². The van der Waals surface area contributed by atoms with Gasteiger partial charge >= 0.3 is 17.9 Å². The Bertz CT molecular complexity index is 1330. The van der Waals surface area contributed by atoms with E-state index >= 15 is 0 Å². The van der Waals surface area contributed by atoms with E-state index in [-0.39, 0.29) is 31.1 Å². The minimum absolute atomic E-state index is 0.0972. The average Bonchev–Trinajstić information content (AvgIpc) is 3.31. The molecule has 0 amide bonds. The molecular weight excluding hydrogens is 817 g/mol. The van der Waals surface area contributed by atoms with E-state index < -0.39 is 6.10 Å². The van der Waals surface area contributed by atoms with E-state index in [0.29, 0.717) is 19.3 Å². The van der Waals surface area contributed by atoms with E-state index in [2.05, 4.69) is 118 Å². The van der Waals surface area contributed by atoms with Gasteiger partial charge in [0, 0.05) is 19.3 Å². The van der Waals surface area contributed by atoms with Gasteiger partial charge in [0.05, 0.1) is 0 Å². The molecule has 0 aliphatic heterocycles. The molecule has 0 N–H and O–H groups in total. The van der Waals surface area contributed by atoms with E-state index in [4.69, 9.17) is 14.2 Å². The fourth-order valence-electron chi connectivity index (χ4n) is 7.20. The molecule has 0 aliphatic carbocycles. The Kier molecular flexibility index (Phi) is 50.9. The number of rotatable bonds is 48. The second-order valence-electron chi connectivity index (χ2n) is 17.7. The Morgan fingerprint density at radius 3 is 0.939 bits per heavy atom. The molecule has 0 spiro atoms. The van der Waals surface area contributed by atoms with Gasteiger partial charge in [0.25, 0.3) is 0 Å². The van der Waals surface area contributed by atoms with Crippen LogP contribution in [0.1, 0.15) is 245 Å². The van der Waals surface area contributed by atoms with Gasteiger partial charge in [-0.05, 0) is 122 Å². The molecule has 66 heavy (non-hydrogen) atoms. The van der Waals surface area contributed by atoms with Crippen LogP contribution in [0.2, 0.25) is 0 Å². The number of ether oxygens (including phenoxy) is 3. The summed E-state index contributed by atoms with van der Waals surface area (Å²) in [7, 11) is 0. The zero-order valence-electron chi connectivity index (χ0n) is 42.9. The molecule has 0 rings (SSSR count). The SMILES string of the molecule is CC/C=C\C/C=C\C/C=C\C/C=C\CCCCCCC(=O)OC(COC(=O)CCCCCCC/C=C\CCCCC)COC(=O)CCCCCCCC/C=C\C/C=C\C/C=C\CCCCC. The molecule has 6 nitrogen and oxygen atoms in total. The summed E-state index contributed by atoms with van der Waals surface area (Å²) in [6.45, 7) is 6.43. The maximum Gasteiger partial charge on any atom is 0.306 e. The summed E-state index contributed by atoms with van der Waals surface area (Å²) in [6, 6.07) is 0. The lowest BCUT2D eigenvalue weighted by atomic mass is 10.1. The monoisotopic (exact) mass is 917 g/mol. The zero-order valence-corrected chi connectivity index (χ0v) is 42.9. The number of hydrogen-bond donors (Lipinski definition) is 0. The highest BCUT2D eigenvalue weighted by Crippen LogP contribution is 2.13. The third-order valence-corrected chi connectivity index (χ3v) is 11.3. The van der Waals surface area contributed by atoms with Crippen molar-refractivity contribution < 1.29 is 28.6 Å². The number of esters is 3. The lowest BCUT2D eigenvalue weighted by molar-refractivity contribution is -0.167. The van der Waals surface area contributed by atoms with Gasteiger partial charge in [-0.25, -0.2) is 0 Å². The van der Waals surface area contributed by atoms with Crippen molar-refractivity contribution in [3.63, 3.8) is 0 Å². The van der Waals surface area contributed by atoms with Crippen LogP contribution in [0.25, 0.3) is 0 Å². The topological polar surface area (TPSA) is 78.9 Å². The van der Waals surface area contributed by atoms with E-state index in [0.717, 1.165) is 128 Å². The van der Waals surface area contributed by atoms with Gasteiger partial charge in [-0.15, -0.1) is 0 Å². The Labute approximate surface area is 407 Å². The summed E-state index contributed by atoms with van der Waals surface area (Å²) >= 11 is 0. The summed E-state index contributed by atoms with van der Waals surface area (Å²) < 4.78 is 16.8. The van der Waals surface area contributed by atoms with Crippen LogP contribution >= 0.6 is 0 Å². The second-order valence-corrected chi connectivity index (χ2v) is 17.7. The highest BCUT2D eigenvalue weighted by atomic mass is 16.6. The van der Waals surface area contributed by atoms with Crippen LogP contribution in [0.15, 0.2) is 97.2 Å². The van der Waals surface area contributed by atoms with Crippen molar-refractivity contribution in [2.45, 2.75) is 252 Å². The van der Waals surface area contributed by atoms with Crippen LogP contribution < -0.4 is 0 Å². The number of allylic oxidation sites excluding steroid dienone is 16. The largest absolute Gasteiger partial charge is 0.462 e. The van der Waals surface area contributed by atoms with E-state index in [1.165, 1.54) is 77.0 Å². The maximum atomic E-state index is 12.8. The zero-order chi connectivity index (χ0) is 47.9. The van der Waals surface area contributed by atoms with Gasteiger partial charge in [-0.1, -0.05) is 201 Å². The average molecular weight is 917 g/mol. The summed E-state index contributed by atoms with van der Waals surface area (Å²) in [6.07, 6.45) is 71.0. The van der Waals surface area contributed by atoms with Crippen molar-refractivity contribution in [2.24, 2.45) is 0 Å². The summed E-state index contributed by atoms with van der Waals surface area (Å²) in [5.41, 5.74) is 0. The highest BCUT2D eigenvalue weighted by molar-refractivity contribution is 5.71. The number of carbonyl (C=O) groups is 3. The Hall–Kier alpha value is -3.67. The van der Waals surface area contributed by atoms with E-state index in [9.17, 15) is 14.4 Å². The quantitative estimate of drug-likeness (QED) is 0.0262. The van der Waals surface area contributed by atoms with E-state index in [1.807, 2.05) is 0 Å². The summed E-state index contributed by atoms with van der Waals surface area (Å²) in [5, 5.41) is 0. The van der Waals surface area contributed by atoms with Gasteiger partial charge in [-0.3, -0.25) is 14.4 Å². The van der Waals surface area contributed by atoms with Crippen molar-refractivity contribution in [3.8, 4) is 0 Å². The van der Waals surface area contributed by atoms with Crippen LogP contribution in [0.3, 0.4) is 0 Å². The molecule has 0 aromatic heterocycles. The number of unbranched alkanes of at least 4 members (excludes halogenated alkanes) is 21. The Morgan fingerprint density at radius 2 is 0.591 bits per heavy atom. The summed E-state index contributed by atoms with van der Waals surface area (Å²) in [4.78, 5) is 38.1. The van der Waals surface area contributed by atoms with Crippen LogP contribution in [0.5, 0.6) is 0 Å². The van der Waals surface area contributed by atoms with Crippen LogP contribution in [-0.2, 0) is 28.6 Å². The minimum atomic E-state index is -0.800. The third-order valence-electron chi connectivity index (χ3n) is 11.3. The first-order valence-electron chi connectivity index (χ1n) is 27.2. The Morgan fingerprint density at radius 1 is 0.318 bits per heavy atom. The van der Waals surface area contributed by atoms with Gasteiger partial charge in [0.1, 0.15) is 13.2 Å². The molecule has 6 heteroatoms. The first-order chi connectivity index (χ1) is 32.5. The molecule has 0 aromatic rings. The van der Waals surface area contributed by atoms with Gasteiger partial charge in [0.15, 0.2) is 6.10 Å². The molecular formula is C60H100O6. The molecule has 1 atom stereocenters. The van der Waals surface area contributed by atoms with Crippen LogP contribution in [0.4, 0.5) is 0 Å². The molecule has 1 unspecified atom stereocenters. The van der Waals surface area contributed by atoms with Crippen molar-refractivity contribution in [2.75, 3.05) is 13.2 Å². The Balaban J connectivity index is 4.45. The minimum Gasteiger partial charge on any atom is -0.462 e. The third kappa shape index (κ3) is 51.3. The molecule has 0 saturated heterocycles. The predicted octanol–water partition coefficient (Wildman–Crippen LogP) is 18.1. The van der Waals surface area contributed by atoms with Gasteiger partial charge in [0.2, 0.25) is 0 Å². The maximum absolute atomic E-state index is 12.8. The lowest BCUT2D eigenvalue weighted by Gasteiger charge is -2.18. The molecule has 0 aromatic carbocycles. The van der Waals surface area contributed by atoms with Crippen molar-refractivity contribution in [1.29, 1.82) is 0 Å². The normalized spacial score (nSPS) is 12.8. The first-order valence-corrected chi connectivity index (χ1v) is 27.2. The van der Waals surface area contributed by atoms with Crippen molar-refractivity contribution >= 4 is 17.9 Å². The van der Waals surface area contributed by atoms with Gasteiger partial charge in [-0.2, -0.15) is 0 Å². The smallest absolute Gasteiger partial charge is 0.306 e. The molecule has 0 aliphatic rings. The van der Waals surface area contributed by atoms with E-state index in [1.54, 1.807) is 0 Å². The molecule has 0 fully saturated rings. The highest BCUT2D eigenvalue weighted by Gasteiger charge is 2.19. The predicted molar refractivity (Wildman–Crippen MR) is 284 cm³/mol. The second kappa shape index (κ2) is 53.9. The summed E-state index contributed by atoms with van der Waals surface area (Å²) in [5.74, 6) is -0.943. The standard InChI is InChI=1S/C60H100O6/c1-4-7-10-13-16-19-22-25-27-29-30-32-33-35-38-41-44-47-50-53-59(62)65-56-57(55-64-58(61)52-49-46-43-40-37-24-21-18-15-12-9-6-3)66-60(63)54-51-48-45-42-39-36-34-31-28-26-23-20-17-14-11-8-5-2/h8,11,16-21,25-28,30,32,34,36,57H,4-7,9-10,12-15,22-24,29,31,33,35,37-56H2,1-3H3/b11-8-,19-16-,20-17-,21-18-,27-25-,28-26-,32-30-,36-34-. The van der Waals surface area contributed by atoms with Crippen LogP contribution in [-0.4, -0.2) is 37.2 Å². The number of hydrogen-bond acceptors (Lipinski definition) is 6.